The van der Waals surface area contributed by atoms with Crippen molar-refractivity contribution in [3.05, 3.63) is 46.1 Å². The van der Waals surface area contributed by atoms with Gasteiger partial charge >= 0.3 is 0 Å². The Hall–Kier alpha value is -1.43. The standard InChI is InChI=1S/C13H9Cl2N3OS/c1-7-5-6-10(19-7)12-16-17-13(20)18(12)11-8(14)3-2-4-9(11)15/h2-6H,1H3,(H,17,20). The molecule has 0 saturated heterocycles. The van der Waals surface area contributed by atoms with Crippen molar-refractivity contribution in [3.63, 3.8) is 0 Å². The Bertz CT molecular complexity index is 762. The number of halogens is 2. The highest BCUT2D eigenvalue weighted by atomic mass is 35.5. The van der Waals surface area contributed by atoms with E-state index >= 15 is 0 Å². The van der Waals surface area contributed by atoms with Gasteiger partial charge in [0.2, 0.25) is 5.82 Å². The minimum atomic E-state index is 0.379. The molecule has 3 aromatic rings. The van der Waals surface area contributed by atoms with Crippen LogP contribution in [0.5, 0.6) is 0 Å². The lowest BCUT2D eigenvalue weighted by Gasteiger charge is -2.10. The van der Waals surface area contributed by atoms with Crippen molar-refractivity contribution in [2.75, 3.05) is 0 Å². The summed E-state index contributed by atoms with van der Waals surface area (Å²) in [5.74, 6) is 1.85. The van der Waals surface area contributed by atoms with E-state index in [0.29, 0.717) is 32.5 Å². The number of aromatic nitrogens is 3. The number of para-hydroxylation sites is 1. The van der Waals surface area contributed by atoms with Crippen LogP contribution < -0.4 is 0 Å². The van der Waals surface area contributed by atoms with Crippen LogP contribution in [0.15, 0.2) is 39.9 Å². The largest absolute Gasteiger partial charge is 0.458 e. The lowest BCUT2D eigenvalue weighted by Crippen LogP contribution is -1.99. The molecule has 20 heavy (non-hydrogen) atoms. The van der Waals surface area contributed by atoms with Gasteiger partial charge in [0.25, 0.3) is 0 Å². The number of hydrogen-bond acceptors (Lipinski definition) is 4. The summed E-state index contributed by atoms with van der Waals surface area (Å²) in [5.41, 5.74) is 0.579. The van der Waals surface area contributed by atoms with Crippen LogP contribution in [-0.4, -0.2) is 14.8 Å². The van der Waals surface area contributed by atoms with Crippen LogP contribution in [0.25, 0.3) is 17.3 Å². The minimum absolute atomic E-state index is 0.379. The zero-order valence-electron chi connectivity index (χ0n) is 10.3. The molecule has 0 unspecified atom stereocenters. The Balaban J connectivity index is 2.27. The average Bonchev–Trinajstić information content (AvgIpc) is 2.97. The molecule has 0 aliphatic carbocycles. The lowest BCUT2D eigenvalue weighted by atomic mass is 10.3. The van der Waals surface area contributed by atoms with Gasteiger partial charge in [0, 0.05) is 0 Å². The van der Waals surface area contributed by atoms with Crippen molar-refractivity contribution in [2.45, 2.75) is 12.1 Å². The van der Waals surface area contributed by atoms with Gasteiger partial charge in [0.1, 0.15) is 5.76 Å². The normalized spacial score (nSPS) is 11.0. The monoisotopic (exact) mass is 325 g/mol. The predicted octanol–water partition coefficient (Wildman–Crippen LogP) is 4.43. The van der Waals surface area contributed by atoms with Gasteiger partial charge in [-0.2, -0.15) is 0 Å². The molecule has 0 saturated carbocycles. The first-order chi connectivity index (χ1) is 9.58. The Kier molecular flexibility index (Phi) is 3.50. The maximum atomic E-state index is 6.23. The first kappa shape index (κ1) is 13.5. The first-order valence-corrected chi connectivity index (χ1v) is 6.94. The molecule has 4 nitrogen and oxygen atoms in total. The average molecular weight is 326 g/mol. The van der Waals surface area contributed by atoms with Gasteiger partial charge in [0.05, 0.1) is 15.7 Å². The fraction of sp³-hybridized carbons (Fsp3) is 0.0769. The molecule has 0 spiro atoms. The highest BCUT2D eigenvalue weighted by molar-refractivity contribution is 7.80. The summed E-state index contributed by atoms with van der Waals surface area (Å²) in [5, 5.41) is 9.39. The van der Waals surface area contributed by atoms with Crippen LogP contribution in [0.2, 0.25) is 10.0 Å². The van der Waals surface area contributed by atoms with Crippen LogP contribution in [0.1, 0.15) is 5.76 Å². The molecular formula is C13H9Cl2N3OS. The molecule has 0 amide bonds. The molecule has 2 heterocycles. The first-order valence-electron chi connectivity index (χ1n) is 5.73. The topological polar surface area (TPSA) is 43.9 Å². The molecule has 0 atom stereocenters. The number of benzene rings is 1. The highest BCUT2D eigenvalue weighted by Crippen LogP contribution is 2.34. The van der Waals surface area contributed by atoms with Gasteiger partial charge in [-0.15, -0.1) is 22.8 Å². The van der Waals surface area contributed by atoms with E-state index in [0.717, 1.165) is 5.76 Å². The van der Waals surface area contributed by atoms with Crippen molar-refractivity contribution >= 4 is 35.8 Å². The Morgan fingerprint density at radius 1 is 1.10 bits per heavy atom. The summed E-state index contributed by atoms with van der Waals surface area (Å²) in [6.07, 6.45) is 0. The number of thiol groups is 1. The molecule has 102 valence electrons. The summed E-state index contributed by atoms with van der Waals surface area (Å²) < 4.78 is 7.24. The van der Waals surface area contributed by atoms with E-state index in [2.05, 4.69) is 22.8 Å². The van der Waals surface area contributed by atoms with Crippen LogP contribution in [0.3, 0.4) is 0 Å². The molecule has 0 radical (unpaired) electrons. The number of aryl methyl sites for hydroxylation is 1. The smallest absolute Gasteiger partial charge is 0.205 e. The van der Waals surface area contributed by atoms with Crippen molar-refractivity contribution < 1.29 is 4.42 Å². The van der Waals surface area contributed by atoms with Crippen molar-refractivity contribution in [1.29, 1.82) is 0 Å². The summed E-state index contributed by atoms with van der Waals surface area (Å²) in [7, 11) is 0. The second-order valence-corrected chi connectivity index (χ2v) is 5.35. The molecule has 0 aliphatic rings. The SMILES string of the molecule is Cc1ccc(-c2nnc(S)n2-c2c(Cl)cccc2Cl)o1. The second-order valence-electron chi connectivity index (χ2n) is 4.14. The Morgan fingerprint density at radius 2 is 1.80 bits per heavy atom. The molecule has 0 bridgehead atoms. The van der Waals surface area contributed by atoms with Gasteiger partial charge in [-0.05, 0) is 31.2 Å². The van der Waals surface area contributed by atoms with E-state index in [4.69, 9.17) is 27.6 Å². The number of rotatable bonds is 2. The quantitative estimate of drug-likeness (QED) is 0.709. The van der Waals surface area contributed by atoms with Crippen LogP contribution in [0.4, 0.5) is 0 Å². The molecule has 7 heteroatoms. The Labute approximate surface area is 130 Å². The van der Waals surface area contributed by atoms with E-state index in [1.54, 1.807) is 22.8 Å². The Morgan fingerprint density at radius 3 is 2.40 bits per heavy atom. The summed E-state index contributed by atoms with van der Waals surface area (Å²) in [4.78, 5) is 0. The number of nitrogens with zero attached hydrogens (tertiary/aromatic N) is 3. The molecule has 2 aromatic heterocycles. The molecule has 3 rings (SSSR count). The molecule has 0 fully saturated rings. The molecular weight excluding hydrogens is 317 g/mol. The van der Waals surface area contributed by atoms with Gasteiger partial charge in [-0.3, -0.25) is 4.57 Å². The van der Waals surface area contributed by atoms with E-state index in [-0.39, 0.29) is 0 Å². The van der Waals surface area contributed by atoms with Gasteiger partial charge < -0.3 is 4.42 Å². The highest BCUT2D eigenvalue weighted by Gasteiger charge is 2.20. The van der Waals surface area contributed by atoms with E-state index in [1.165, 1.54) is 0 Å². The summed E-state index contributed by atoms with van der Waals surface area (Å²) in [6.45, 7) is 1.86. The zero-order chi connectivity index (χ0) is 14.3. The molecule has 0 N–H and O–H groups in total. The van der Waals surface area contributed by atoms with E-state index in [9.17, 15) is 0 Å². The third kappa shape index (κ3) is 2.22. The van der Waals surface area contributed by atoms with Crippen LogP contribution >= 0.6 is 35.8 Å². The second kappa shape index (κ2) is 5.16. The summed E-state index contributed by atoms with van der Waals surface area (Å²) >= 11 is 16.8. The van der Waals surface area contributed by atoms with Gasteiger partial charge in [-0.25, -0.2) is 0 Å². The van der Waals surface area contributed by atoms with Gasteiger partial charge in [-0.1, -0.05) is 29.3 Å². The third-order valence-electron chi connectivity index (χ3n) is 2.77. The van der Waals surface area contributed by atoms with E-state index < -0.39 is 0 Å². The van der Waals surface area contributed by atoms with Gasteiger partial charge in [0.15, 0.2) is 10.9 Å². The third-order valence-corrected chi connectivity index (χ3v) is 3.67. The predicted molar refractivity (Wildman–Crippen MR) is 81.1 cm³/mol. The lowest BCUT2D eigenvalue weighted by molar-refractivity contribution is 0.542. The maximum Gasteiger partial charge on any atom is 0.205 e. The minimum Gasteiger partial charge on any atom is -0.458 e. The van der Waals surface area contributed by atoms with Crippen molar-refractivity contribution in [3.8, 4) is 17.3 Å². The fourth-order valence-corrected chi connectivity index (χ4v) is 2.70. The number of hydrogen-bond donors (Lipinski definition) is 1. The number of furan rings is 1. The van der Waals surface area contributed by atoms with Crippen molar-refractivity contribution in [1.82, 2.24) is 14.8 Å². The van der Waals surface area contributed by atoms with Crippen LogP contribution in [-0.2, 0) is 0 Å². The fourth-order valence-electron chi connectivity index (χ4n) is 1.90. The zero-order valence-corrected chi connectivity index (χ0v) is 12.7. The van der Waals surface area contributed by atoms with Crippen molar-refractivity contribution in [2.24, 2.45) is 0 Å². The summed E-state index contributed by atoms with van der Waals surface area (Å²) in [6, 6.07) is 8.92. The molecule has 1 aromatic carbocycles. The van der Waals surface area contributed by atoms with E-state index in [1.807, 2.05) is 19.1 Å². The molecule has 0 aliphatic heterocycles. The van der Waals surface area contributed by atoms with Crippen LogP contribution in [0, 0.1) is 6.92 Å². The maximum absolute atomic E-state index is 6.23.